The van der Waals surface area contributed by atoms with E-state index in [-0.39, 0.29) is 11.3 Å². The van der Waals surface area contributed by atoms with Crippen molar-refractivity contribution in [2.24, 2.45) is 5.41 Å². The van der Waals surface area contributed by atoms with Crippen LogP contribution in [-0.2, 0) is 4.79 Å². The fourth-order valence-electron chi connectivity index (χ4n) is 1.34. The number of halogens is 1. The number of nitrogens with one attached hydrogen (secondary N) is 1. The quantitative estimate of drug-likeness (QED) is 0.790. The van der Waals surface area contributed by atoms with E-state index in [1.54, 1.807) is 11.8 Å². The summed E-state index contributed by atoms with van der Waals surface area (Å²) in [5.41, 5.74) is 0.598. The van der Waals surface area contributed by atoms with Crippen molar-refractivity contribution in [2.45, 2.75) is 18.7 Å². The molecule has 1 heterocycles. The number of hydrogen-bond donors (Lipinski definition) is 1. The SMILES string of the molecule is CC1(C)CSc2ccc(Br)cc2NC1=O. The standard InChI is InChI=1S/C11H12BrNOS/c1-11(2)6-15-9-4-3-7(12)5-8(9)13-10(11)14/h3-5H,6H2,1-2H3,(H,13,14). The molecule has 0 fully saturated rings. The van der Waals surface area contributed by atoms with Crippen molar-refractivity contribution >= 4 is 39.3 Å². The summed E-state index contributed by atoms with van der Waals surface area (Å²) in [6, 6.07) is 5.98. The molecule has 15 heavy (non-hydrogen) atoms. The van der Waals surface area contributed by atoms with Crippen LogP contribution in [0.1, 0.15) is 13.8 Å². The lowest BCUT2D eigenvalue weighted by atomic mass is 9.95. The third-order valence-corrected chi connectivity index (χ3v) is 4.42. The van der Waals surface area contributed by atoms with Crippen molar-refractivity contribution in [2.75, 3.05) is 11.1 Å². The zero-order valence-corrected chi connectivity index (χ0v) is 11.0. The minimum atomic E-state index is -0.309. The fourth-order valence-corrected chi connectivity index (χ4v) is 2.78. The van der Waals surface area contributed by atoms with Gasteiger partial charge in [0, 0.05) is 15.1 Å². The highest BCUT2D eigenvalue weighted by Crippen LogP contribution is 2.38. The first-order valence-corrected chi connectivity index (χ1v) is 6.51. The van der Waals surface area contributed by atoms with Gasteiger partial charge in [-0.25, -0.2) is 0 Å². The molecule has 1 aliphatic rings. The van der Waals surface area contributed by atoms with Gasteiger partial charge in [-0.05, 0) is 18.2 Å². The van der Waals surface area contributed by atoms with E-state index < -0.39 is 0 Å². The van der Waals surface area contributed by atoms with Crippen molar-refractivity contribution in [3.8, 4) is 0 Å². The summed E-state index contributed by atoms with van der Waals surface area (Å²) in [7, 11) is 0. The predicted octanol–water partition coefficient (Wildman–Crippen LogP) is 3.52. The van der Waals surface area contributed by atoms with E-state index in [0.29, 0.717) is 0 Å². The zero-order valence-electron chi connectivity index (χ0n) is 8.63. The summed E-state index contributed by atoms with van der Waals surface area (Å²) < 4.78 is 0.988. The number of carbonyl (C=O) groups excluding carboxylic acids is 1. The second-order valence-electron chi connectivity index (χ2n) is 4.27. The first kappa shape index (κ1) is 11.0. The first-order valence-electron chi connectivity index (χ1n) is 4.73. The van der Waals surface area contributed by atoms with Gasteiger partial charge in [-0.1, -0.05) is 29.8 Å². The van der Waals surface area contributed by atoms with Gasteiger partial charge in [0.1, 0.15) is 0 Å². The molecule has 80 valence electrons. The van der Waals surface area contributed by atoms with Gasteiger partial charge in [-0.3, -0.25) is 4.79 Å². The summed E-state index contributed by atoms with van der Waals surface area (Å²) in [4.78, 5) is 13.0. The molecule has 0 bridgehead atoms. The Labute approximate surface area is 102 Å². The van der Waals surface area contributed by atoms with Crippen LogP contribution in [0.3, 0.4) is 0 Å². The van der Waals surface area contributed by atoms with Crippen LogP contribution in [0.25, 0.3) is 0 Å². The van der Waals surface area contributed by atoms with E-state index in [9.17, 15) is 4.79 Å². The van der Waals surface area contributed by atoms with Crippen molar-refractivity contribution in [1.82, 2.24) is 0 Å². The molecule has 0 aromatic heterocycles. The van der Waals surface area contributed by atoms with E-state index in [2.05, 4.69) is 21.2 Å². The zero-order chi connectivity index (χ0) is 11.1. The van der Waals surface area contributed by atoms with Gasteiger partial charge in [-0.15, -0.1) is 11.8 Å². The molecule has 2 rings (SSSR count). The third kappa shape index (κ3) is 2.21. The van der Waals surface area contributed by atoms with Gasteiger partial charge in [0.2, 0.25) is 5.91 Å². The lowest BCUT2D eigenvalue weighted by Crippen LogP contribution is -2.31. The Kier molecular flexibility index (Phi) is 2.81. The van der Waals surface area contributed by atoms with Gasteiger partial charge < -0.3 is 5.32 Å². The van der Waals surface area contributed by atoms with E-state index in [1.165, 1.54) is 0 Å². The van der Waals surface area contributed by atoms with Crippen LogP contribution in [-0.4, -0.2) is 11.7 Å². The van der Waals surface area contributed by atoms with Crippen molar-refractivity contribution in [3.63, 3.8) is 0 Å². The molecular formula is C11H12BrNOS. The highest BCUT2D eigenvalue weighted by molar-refractivity contribution is 9.10. The smallest absolute Gasteiger partial charge is 0.230 e. The Morgan fingerprint density at radius 2 is 2.20 bits per heavy atom. The van der Waals surface area contributed by atoms with Gasteiger partial charge in [-0.2, -0.15) is 0 Å². The van der Waals surface area contributed by atoms with E-state index in [1.807, 2.05) is 32.0 Å². The summed E-state index contributed by atoms with van der Waals surface area (Å²) >= 11 is 5.13. The Hall–Kier alpha value is -0.480. The number of carbonyl (C=O) groups is 1. The summed E-state index contributed by atoms with van der Waals surface area (Å²) in [6.07, 6.45) is 0. The average molecular weight is 286 g/mol. The van der Waals surface area contributed by atoms with Gasteiger partial charge in [0.05, 0.1) is 11.1 Å². The highest BCUT2D eigenvalue weighted by atomic mass is 79.9. The molecule has 1 aliphatic heterocycles. The van der Waals surface area contributed by atoms with Gasteiger partial charge >= 0.3 is 0 Å². The molecule has 1 amide bonds. The second kappa shape index (κ2) is 3.83. The first-order chi connectivity index (χ1) is 6.99. The number of hydrogen-bond acceptors (Lipinski definition) is 2. The molecule has 0 saturated carbocycles. The lowest BCUT2D eigenvalue weighted by molar-refractivity contribution is -0.122. The van der Waals surface area contributed by atoms with Crippen LogP contribution < -0.4 is 5.32 Å². The van der Waals surface area contributed by atoms with E-state index in [4.69, 9.17) is 0 Å². The normalized spacial score (nSPS) is 19.0. The molecule has 1 N–H and O–H groups in total. The molecule has 0 saturated heterocycles. The van der Waals surface area contributed by atoms with Crippen molar-refractivity contribution in [1.29, 1.82) is 0 Å². The van der Waals surface area contributed by atoms with Gasteiger partial charge in [0.25, 0.3) is 0 Å². The van der Waals surface area contributed by atoms with E-state index in [0.717, 1.165) is 20.8 Å². The molecule has 0 atom stereocenters. The molecule has 2 nitrogen and oxygen atoms in total. The van der Waals surface area contributed by atoms with Crippen molar-refractivity contribution in [3.05, 3.63) is 22.7 Å². The molecule has 1 aromatic carbocycles. The molecule has 4 heteroatoms. The minimum Gasteiger partial charge on any atom is -0.325 e. The lowest BCUT2D eigenvalue weighted by Gasteiger charge is -2.18. The number of anilines is 1. The Morgan fingerprint density at radius 3 is 2.93 bits per heavy atom. The maximum absolute atomic E-state index is 11.9. The van der Waals surface area contributed by atoms with Gasteiger partial charge in [0.15, 0.2) is 0 Å². The highest BCUT2D eigenvalue weighted by Gasteiger charge is 2.31. The topological polar surface area (TPSA) is 29.1 Å². The maximum Gasteiger partial charge on any atom is 0.230 e. The molecular weight excluding hydrogens is 274 g/mol. The van der Waals surface area contributed by atoms with Crippen LogP contribution >= 0.6 is 27.7 Å². The third-order valence-electron chi connectivity index (χ3n) is 2.39. The molecule has 0 radical (unpaired) electrons. The maximum atomic E-state index is 11.9. The van der Waals surface area contributed by atoms with Crippen molar-refractivity contribution < 1.29 is 4.79 Å². The fraction of sp³-hybridized carbons (Fsp3) is 0.364. The molecule has 0 unspecified atom stereocenters. The van der Waals surface area contributed by atoms with Crippen LogP contribution in [0, 0.1) is 5.41 Å². The van der Waals surface area contributed by atoms with E-state index >= 15 is 0 Å². The predicted molar refractivity (Wildman–Crippen MR) is 67.3 cm³/mol. The van der Waals surface area contributed by atoms with Crippen LogP contribution in [0.2, 0.25) is 0 Å². The van der Waals surface area contributed by atoms with Crippen LogP contribution in [0.4, 0.5) is 5.69 Å². The number of rotatable bonds is 0. The number of thioether (sulfide) groups is 1. The Bertz CT molecular complexity index is 417. The summed E-state index contributed by atoms with van der Waals surface area (Å²) in [5, 5.41) is 2.96. The molecule has 0 aliphatic carbocycles. The second-order valence-corrected chi connectivity index (χ2v) is 6.20. The minimum absolute atomic E-state index is 0.0897. The Balaban J connectivity index is 2.40. The van der Waals surface area contributed by atoms with Crippen LogP contribution in [0.15, 0.2) is 27.6 Å². The largest absolute Gasteiger partial charge is 0.325 e. The number of fused-ring (bicyclic) bond motifs is 1. The molecule has 0 spiro atoms. The number of amides is 1. The van der Waals surface area contributed by atoms with Crippen LogP contribution in [0.5, 0.6) is 0 Å². The Morgan fingerprint density at radius 1 is 1.47 bits per heavy atom. The summed E-state index contributed by atoms with van der Waals surface area (Å²) in [5.74, 6) is 0.903. The monoisotopic (exact) mass is 285 g/mol. The molecule has 1 aromatic rings. The summed E-state index contributed by atoms with van der Waals surface area (Å²) in [6.45, 7) is 3.94. The average Bonchev–Trinajstić information content (AvgIpc) is 2.25. The number of benzene rings is 1.